The molecule has 2 aliphatic rings. The molecule has 0 aromatic carbocycles. The van der Waals surface area contributed by atoms with Crippen LogP contribution in [0.3, 0.4) is 0 Å². The van der Waals surface area contributed by atoms with Crippen molar-refractivity contribution in [2.24, 2.45) is 11.3 Å². The first-order valence-electron chi connectivity index (χ1n) is 11.0. The van der Waals surface area contributed by atoms with Crippen molar-refractivity contribution in [1.29, 1.82) is 0 Å². The molecule has 1 aromatic heterocycles. The summed E-state index contributed by atoms with van der Waals surface area (Å²) in [5.74, 6) is 0.321. The summed E-state index contributed by atoms with van der Waals surface area (Å²) in [5.41, 5.74) is 1.77. The van der Waals surface area contributed by atoms with E-state index in [2.05, 4.69) is 31.4 Å². The van der Waals surface area contributed by atoms with Crippen LogP contribution in [0.1, 0.15) is 80.6 Å². The fraction of sp³-hybridized carbons (Fsp3) is 0.727. The van der Waals surface area contributed by atoms with Crippen LogP contribution in [0.2, 0.25) is 0 Å². The zero-order chi connectivity index (χ0) is 22.1. The molecule has 3 rings (SSSR count). The summed E-state index contributed by atoms with van der Waals surface area (Å²) in [6.07, 6.45) is 5.36. The molecule has 168 valence electrons. The first-order valence-corrected chi connectivity index (χ1v) is 13.6. The number of sulfone groups is 1. The molecule has 1 aliphatic carbocycles. The summed E-state index contributed by atoms with van der Waals surface area (Å²) in [6, 6.07) is -0.354. The molecule has 0 bridgehead atoms. The number of rotatable bonds is 6. The van der Waals surface area contributed by atoms with Crippen molar-refractivity contribution >= 4 is 38.0 Å². The summed E-state index contributed by atoms with van der Waals surface area (Å²) in [7, 11) is -3.07. The summed E-state index contributed by atoms with van der Waals surface area (Å²) < 4.78 is 23.6. The molecule has 0 saturated carbocycles. The highest BCUT2D eigenvalue weighted by atomic mass is 32.2. The van der Waals surface area contributed by atoms with E-state index in [1.807, 2.05) is 6.92 Å². The predicted octanol–water partition coefficient (Wildman–Crippen LogP) is 3.94. The fourth-order valence-corrected chi connectivity index (χ4v) is 7.36. The summed E-state index contributed by atoms with van der Waals surface area (Å²) in [6.45, 7) is 8.78. The van der Waals surface area contributed by atoms with Crippen LogP contribution in [-0.4, -0.2) is 37.8 Å². The number of anilines is 1. The highest BCUT2D eigenvalue weighted by Gasteiger charge is 2.35. The zero-order valence-corrected chi connectivity index (χ0v) is 20.1. The maximum Gasteiger partial charge on any atom is 0.254 e. The van der Waals surface area contributed by atoms with Gasteiger partial charge in [0.25, 0.3) is 5.91 Å². The molecule has 1 aromatic rings. The number of hydrogen-bond donors (Lipinski definition) is 2. The number of carbonyl (C=O) groups is 2. The third kappa shape index (κ3) is 5.44. The molecule has 1 fully saturated rings. The second-order valence-electron chi connectivity index (χ2n) is 9.74. The normalized spacial score (nSPS) is 23.1. The average Bonchev–Trinajstić information content (AvgIpc) is 3.17. The van der Waals surface area contributed by atoms with Gasteiger partial charge in [0.05, 0.1) is 17.1 Å². The lowest BCUT2D eigenvalue weighted by Crippen LogP contribution is -2.36. The lowest BCUT2D eigenvalue weighted by Gasteiger charge is -2.33. The van der Waals surface area contributed by atoms with Crippen LogP contribution < -0.4 is 10.6 Å². The van der Waals surface area contributed by atoms with Crippen molar-refractivity contribution in [3.05, 3.63) is 16.0 Å². The van der Waals surface area contributed by atoms with E-state index in [0.29, 0.717) is 29.3 Å². The van der Waals surface area contributed by atoms with Gasteiger partial charge in [-0.15, -0.1) is 11.3 Å². The maximum atomic E-state index is 13.2. The van der Waals surface area contributed by atoms with E-state index in [4.69, 9.17) is 0 Å². The van der Waals surface area contributed by atoms with Crippen molar-refractivity contribution in [3.63, 3.8) is 0 Å². The van der Waals surface area contributed by atoms with E-state index in [1.165, 1.54) is 16.2 Å². The Morgan fingerprint density at radius 3 is 2.53 bits per heavy atom. The largest absolute Gasteiger partial charge is 0.348 e. The van der Waals surface area contributed by atoms with Crippen molar-refractivity contribution in [2.45, 2.75) is 78.7 Å². The van der Waals surface area contributed by atoms with Gasteiger partial charge in [0.1, 0.15) is 5.00 Å². The Labute approximate surface area is 184 Å². The van der Waals surface area contributed by atoms with Gasteiger partial charge in [-0.3, -0.25) is 9.59 Å². The molecule has 2 N–H and O–H groups in total. The lowest BCUT2D eigenvalue weighted by atomic mass is 9.72. The van der Waals surface area contributed by atoms with Crippen molar-refractivity contribution in [1.82, 2.24) is 5.32 Å². The van der Waals surface area contributed by atoms with Crippen LogP contribution in [-0.2, 0) is 27.5 Å². The molecule has 0 unspecified atom stereocenters. The fourth-order valence-electron chi connectivity index (χ4n) is 4.35. The van der Waals surface area contributed by atoms with E-state index >= 15 is 0 Å². The first kappa shape index (κ1) is 23.3. The summed E-state index contributed by atoms with van der Waals surface area (Å²) in [5, 5.41) is 6.52. The molecule has 30 heavy (non-hydrogen) atoms. The number of hydrogen-bond acceptors (Lipinski definition) is 5. The van der Waals surface area contributed by atoms with Crippen LogP contribution in [0.5, 0.6) is 0 Å². The third-order valence-electron chi connectivity index (χ3n) is 6.30. The standard InChI is InChI=1S/C22H34N2O4S2/c1-5-6-7-18(25)24-21-19(20(26)23-15-10-11-30(27,28)13-15)16-9-8-14(22(2,3)4)12-17(16)29-21/h14-15H,5-13H2,1-4H3,(H,23,26)(H,24,25)/t14-,15-/m1/s1. The van der Waals surface area contributed by atoms with Crippen LogP contribution in [0.25, 0.3) is 0 Å². The van der Waals surface area contributed by atoms with Gasteiger partial charge in [-0.25, -0.2) is 8.42 Å². The Kier molecular flexibility index (Phi) is 6.97. The van der Waals surface area contributed by atoms with Gasteiger partial charge >= 0.3 is 0 Å². The van der Waals surface area contributed by atoms with Gasteiger partial charge in [-0.05, 0) is 49.0 Å². The van der Waals surface area contributed by atoms with Gasteiger partial charge in [0, 0.05) is 17.3 Å². The van der Waals surface area contributed by atoms with Crippen molar-refractivity contribution in [3.8, 4) is 0 Å². The molecule has 2 heterocycles. The van der Waals surface area contributed by atoms with Crippen LogP contribution in [0, 0.1) is 11.3 Å². The smallest absolute Gasteiger partial charge is 0.254 e. The molecule has 0 spiro atoms. The van der Waals surface area contributed by atoms with E-state index in [9.17, 15) is 18.0 Å². The molecular weight excluding hydrogens is 420 g/mol. The summed E-state index contributed by atoms with van der Waals surface area (Å²) in [4.78, 5) is 26.8. The van der Waals surface area contributed by atoms with E-state index in [1.54, 1.807) is 0 Å². The number of nitrogens with one attached hydrogen (secondary N) is 2. The number of unbranched alkanes of at least 4 members (excludes halogenated alkanes) is 1. The molecular formula is C22H34N2O4S2. The van der Waals surface area contributed by atoms with E-state index in [-0.39, 0.29) is 34.8 Å². The van der Waals surface area contributed by atoms with Gasteiger partial charge in [-0.1, -0.05) is 34.1 Å². The van der Waals surface area contributed by atoms with Gasteiger partial charge in [0.15, 0.2) is 9.84 Å². The van der Waals surface area contributed by atoms with Crippen LogP contribution in [0.4, 0.5) is 5.00 Å². The molecule has 6 nitrogen and oxygen atoms in total. The molecule has 1 aliphatic heterocycles. The minimum atomic E-state index is -3.07. The minimum absolute atomic E-state index is 0.00460. The second-order valence-corrected chi connectivity index (χ2v) is 13.1. The Balaban J connectivity index is 1.86. The lowest BCUT2D eigenvalue weighted by molar-refractivity contribution is -0.116. The SMILES string of the molecule is CCCCC(=O)Nc1sc2c(c1C(=O)N[C@@H]1CCS(=O)(=O)C1)CC[C@@H](C(C)(C)C)C2. The monoisotopic (exact) mass is 454 g/mol. The number of carbonyl (C=O) groups excluding carboxylic acids is 2. The summed E-state index contributed by atoms with van der Waals surface area (Å²) >= 11 is 1.52. The maximum absolute atomic E-state index is 13.2. The average molecular weight is 455 g/mol. The highest BCUT2D eigenvalue weighted by molar-refractivity contribution is 7.91. The zero-order valence-electron chi connectivity index (χ0n) is 18.5. The molecule has 1 saturated heterocycles. The van der Waals surface area contributed by atoms with Crippen LogP contribution >= 0.6 is 11.3 Å². The van der Waals surface area contributed by atoms with Gasteiger partial charge in [0.2, 0.25) is 5.91 Å². The minimum Gasteiger partial charge on any atom is -0.348 e. The quantitative estimate of drug-likeness (QED) is 0.681. The Morgan fingerprint density at radius 1 is 1.20 bits per heavy atom. The topological polar surface area (TPSA) is 92.3 Å². The number of thiophene rings is 1. The number of fused-ring (bicyclic) bond motifs is 1. The Hall–Kier alpha value is -1.41. The predicted molar refractivity (Wildman–Crippen MR) is 122 cm³/mol. The number of amides is 2. The molecule has 2 atom stereocenters. The molecule has 0 radical (unpaired) electrons. The van der Waals surface area contributed by atoms with E-state index < -0.39 is 9.84 Å². The molecule has 2 amide bonds. The molecule has 8 heteroatoms. The van der Waals surface area contributed by atoms with Crippen LogP contribution in [0.15, 0.2) is 0 Å². The third-order valence-corrected chi connectivity index (χ3v) is 9.23. The van der Waals surface area contributed by atoms with E-state index in [0.717, 1.165) is 37.7 Å². The van der Waals surface area contributed by atoms with Crippen molar-refractivity contribution in [2.75, 3.05) is 16.8 Å². The van der Waals surface area contributed by atoms with Gasteiger partial charge in [-0.2, -0.15) is 0 Å². The van der Waals surface area contributed by atoms with Gasteiger partial charge < -0.3 is 10.6 Å². The highest BCUT2D eigenvalue weighted by Crippen LogP contribution is 2.44. The first-order chi connectivity index (χ1) is 14.0. The Bertz CT molecular complexity index is 912. The second kappa shape index (κ2) is 8.99. The van der Waals surface area contributed by atoms with Crippen molar-refractivity contribution < 1.29 is 18.0 Å². The Morgan fingerprint density at radius 2 is 1.93 bits per heavy atom.